The first-order chi connectivity index (χ1) is 9.65. The van der Waals surface area contributed by atoms with E-state index in [-0.39, 0.29) is 17.2 Å². The van der Waals surface area contributed by atoms with Gasteiger partial charge in [0.25, 0.3) is 0 Å². The van der Waals surface area contributed by atoms with Gasteiger partial charge in [0.2, 0.25) is 0 Å². The van der Waals surface area contributed by atoms with Crippen molar-refractivity contribution in [3.63, 3.8) is 0 Å². The van der Waals surface area contributed by atoms with Gasteiger partial charge in [-0.15, -0.1) is 23.5 Å². The number of aromatic hydroxyl groups is 1. The highest BCUT2D eigenvalue weighted by Gasteiger charge is 2.36. The van der Waals surface area contributed by atoms with Gasteiger partial charge in [-0.1, -0.05) is 12.1 Å². The molecule has 2 aliphatic rings. The van der Waals surface area contributed by atoms with Gasteiger partial charge in [0.1, 0.15) is 16.8 Å². The Bertz CT molecular complexity index is 564. The van der Waals surface area contributed by atoms with Crippen molar-refractivity contribution in [2.75, 3.05) is 11.5 Å². The van der Waals surface area contributed by atoms with Crippen LogP contribution in [0.15, 0.2) is 29.3 Å². The number of phenolic OH excluding ortho intramolecular Hbond substituents is 1. The molecular weight excluding hydrogens is 296 g/mol. The monoisotopic (exact) mass is 310 g/mol. The Morgan fingerprint density at radius 2 is 2.15 bits per heavy atom. The summed E-state index contributed by atoms with van der Waals surface area (Å²) in [6, 6.07) is 6.70. The van der Waals surface area contributed by atoms with E-state index in [1.54, 1.807) is 35.7 Å². The van der Waals surface area contributed by atoms with E-state index in [9.17, 15) is 9.90 Å². The zero-order chi connectivity index (χ0) is 14.1. The van der Waals surface area contributed by atoms with Crippen LogP contribution in [-0.2, 0) is 4.79 Å². The zero-order valence-electron chi connectivity index (χ0n) is 10.5. The summed E-state index contributed by atoms with van der Waals surface area (Å²) in [5.74, 6) is 0.800. The van der Waals surface area contributed by atoms with Gasteiger partial charge < -0.3 is 10.2 Å². The molecule has 5 nitrogen and oxygen atoms in total. The normalized spacial score (nSPS) is 29.4. The van der Waals surface area contributed by atoms with Crippen LogP contribution in [0.4, 0.5) is 0 Å². The molecule has 0 radical (unpaired) electrons. The molecule has 20 heavy (non-hydrogen) atoms. The standard InChI is InChI=1S/C13H14N2O3S2/c16-10-4-2-1-3-7(10)11-14-8(5-19-11)12-15-9(6-20-12)13(17)18/h1-4,8-9,12,15-16H,5-6H2,(H,17,18)/t8-,9-,12+/m0/s1. The predicted octanol–water partition coefficient (Wildman–Crippen LogP) is 1.37. The lowest BCUT2D eigenvalue weighted by Gasteiger charge is -2.14. The Balaban J connectivity index is 1.73. The number of aliphatic carboxylic acids is 1. The highest BCUT2D eigenvalue weighted by molar-refractivity contribution is 8.14. The fourth-order valence-electron chi connectivity index (χ4n) is 2.21. The summed E-state index contributed by atoms with van der Waals surface area (Å²) in [7, 11) is 0. The number of carboxylic acid groups (broad SMARTS) is 1. The summed E-state index contributed by atoms with van der Waals surface area (Å²) in [6.45, 7) is 0. The summed E-state index contributed by atoms with van der Waals surface area (Å²) in [5, 5.41) is 22.8. The molecule has 106 valence electrons. The molecule has 2 heterocycles. The molecule has 0 spiro atoms. The van der Waals surface area contributed by atoms with Crippen LogP contribution in [0.3, 0.4) is 0 Å². The maximum Gasteiger partial charge on any atom is 0.321 e. The first-order valence-corrected chi connectivity index (χ1v) is 8.28. The minimum absolute atomic E-state index is 0.0342. The number of rotatable bonds is 3. The molecule has 0 saturated carbocycles. The van der Waals surface area contributed by atoms with Crippen LogP contribution in [0.25, 0.3) is 0 Å². The number of carboxylic acids is 1. The molecule has 3 N–H and O–H groups in total. The third-order valence-electron chi connectivity index (χ3n) is 3.26. The molecule has 1 aromatic rings. The van der Waals surface area contributed by atoms with Crippen LogP contribution in [0, 0.1) is 0 Å². The summed E-state index contributed by atoms with van der Waals surface area (Å²) in [4.78, 5) is 15.6. The Morgan fingerprint density at radius 1 is 1.35 bits per heavy atom. The molecule has 1 fully saturated rings. The van der Waals surface area contributed by atoms with E-state index in [1.165, 1.54) is 0 Å². The molecule has 0 aliphatic carbocycles. The third kappa shape index (κ3) is 2.65. The average Bonchev–Trinajstić information content (AvgIpc) is 3.08. The number of phenols is 1. The number of aliphatic imine (C=N–C) groups is 1. The number of thioether (sulfide) groups is 2. The van der Waals surface area contributed by atoms with Crippen LogP contribution in [-0.4, -0.2) is 50.2 Å². The molecule has 1 saturated heterocycles. The smallest absolute Gasteiger partial charge is 0.321 e. The highest BCUT2D eigenvalue weighted by atomic mass is 32.2. The Labute approximate surface area is 124 Å². The zero-order valence-corrected chi connectivity index (χ0v) is 12.2. The Morgan fingerprint density at radius 3 is 2.85 bits per heavy atom. The number of hydrogen-bond donors (Lipinski definition) is 3. The minimum Gasteiger partial charge on any atom is -0.507 e. The molecule has 0 unspecified atom stereocenters. The fraction of sp³-hybridized carbons (Fsp3) is 0.385. The molecule has 0 aromatic heterocycles. The van der Waals surface area contributed by atoms with Crippen LogP contribution in [0.1, 0.15) is 5.56 Å². The Hall–Kier alpha value is -1.18. The van der Waals surface area contributed by atoms with E-state index >= 15 is 0 Å². The number of benzene rings is 1. The van der Waals surface area contributed by atoms with Gasteiger partial charge in [0.05, 0.1) is 11.4 Å². The predicted molar refractivity (Wildman–Crippen MR) is 81.7 cm³/mol. The maximum absolute atomic E-state index is 10.9. The summed E-state index contributed by atoms with van der Waals surface area (Å²) >= 11 is 3.21. The fourth-order valence-corrected chi connectivity index (χ4v) is 4.74. The summed E-state index contributed by atoms with van der Waals surface area (Å²) in [5.41, 5.74) is 0.748. The second-order valence-corrected chi connectivity index (χ2v) is 6.82. The van der Waals surface area contributed by atoms with Crippen LogP contribution in [0.5, 0.6) is 5.75 Å². The summed E-state index contributed by atoms with van der Waals surface area (Å²) < 4.78 is 0. The molecule has 7 heteroatoms. The van der Waals surface area contributed by atoms with Gasteiger partial charge in [-0.3, -0.25) is 15.1 Å². The lowest BCUT2D eigenvalue weighted by atomic mass is 10.2. The second-order valence-electron chi connectivity index (χ2n) is 4.64. The van der Waals surface area contributed by atoms with E-state index in [2.05, 4.69) is 10.3 Å². The quantitative estimate of drug-likeness (QED) is 0.782. The molecular formula is C13H14N2O3S2. The summed E-state index contributed by atoms with van der Waals surface area (Å²) in [6.07, 6.45) is 0. The Kier molecular flexibility index (Phi) is 3.91. The number of nitrogens with zero attached hydrogens (tertiary/aromatic N) is 1. The first-order valence-electron chi connectivity index (χ1n) is 6.24. The first kappa shape index (κ1) is 13.8. The number of para-hydroxylation sites is 1. The molecule has 3 atom stereocenters. The van der Waals surface area contributed by atoms with Crippen LogP contribution >= 0.6 is 23.5 Å². The van der Waals surface area contributed by atoms with Gasteiger partial charge in [0, 0.05) is 17.1 Å². The molecule has 0 amide bonds. The highest BCUT2D eigenvalue weighted by Crippen LogP contribution is 2.33. The van der Waals surface area contributed by atoms with E-state index in [0.29, 0.717) is 5.75 Å². The van der Waals surface area contributed by atoms with Crippen molar-refractivity contribution in [1.29, 1.82) is 0 Å². The average molecular weight is 310 g/mol. The van der Waals surface area contributed by atoms with Crippen molar-refractivity contribution >= 4 is 34.5 Å². The molecule has 2 aliphatic heterocycles. The van der Waals surface area contributed by atoms with E-state index < -0.39 is 12.0 Å². The largest absolute Gasteiger partial charge is 0.507 e. The van der Waals surface area contributed by atoms with Crippen molar-refractivity contribution in [3.05, 3.63) is 29.8 Å². The van der Waals surface area contributed by atoms with Gasteiger partial charge in [-0.25, -0.2) is 0 Å². The van der Waals surface area contributed by atoms with Crippen molar-refractivity contribution in [2.45, 2.75) is 17.5 Å². The number of carbonyl (C=O) groups is 1. The van der Waals surface area contributed by atoms with E-state index in [0.717, 1.165) is 16.4 Å². The second kappa shape index (κ2) is 5.67. The number of hydrogen-bond acceptors (Lipinski definition) is 6. The maximum atomic E-state index is 10.9. The number of nitrogens with one attached hydrogen (secondary N) is 1. The van der Waals surface area contributed by atoms with Crippen molar-refractivity contribution in [2.24, 2.45) is 4.99 Å². The SMILES string of the molecule is O=C(O)[C@@H]1CS[C@H]([C@@H]2CSC(c3ccccc3O)=N2)N1. The van der Waals surface area contributed by atoms with Gasteiger partial charge >= 0.3 is 5.97 Å². The van der Waals surface area contributed by atoms with Crippen molar-refractivity contribution < 1.29 is 15.0 Å². The van der Waals surface area contributed by atoms with Crippen LogP contribution < -0.4 is 5.32 Å². The van der Waals surface area contributed by atoms with Gasteiger partial charge in [-0.05, 0) is 12.1 Å². The molecule has 0 bridgehead atoms. The van der Waals surface area contributed by atoms with E-state index in [1.807, 2.05) is 12.1 Å². The van der Waals surface area contributed by atoms with Crippen molar-refractivity contribution in [3.8, 4) is 5.75 Å². The van der Waals surface area contributed by atoms with Crippen molar-refractivity contribution in [1.82, 2.24) is 5.32 Å². The van der Waals surface area contributed by atoms with Crippen LogP contribution in [0.2, 0.25) is 0 Å². The van der Waals surface area contributed by atoms with Gasteiger partial charge in [-0.2, -0.15) is 0 Å². The lowest BCUT2D eigenvalue weighted by molar-refractivity contribution is -0.138. The van der Waals surface area contributed by atoms with E-state index in [4.69, 9.17) is 5.11 Å². The molecule has 3 rings (SSSR count). The lowest BCUT2D eigenvalue weighted by Crippen LogP contribution is -2.41. The van der Waals surface area contributed by atoms with Gasteiger partial charge in [0.15, 0.2) is 0 Å². The topological polar surface area (TPSA) is 81.9 Å². The molecule has 1 aromatic carbocycles. The third-order valence-corrected chi connectivity index (χ3v) is 5.71. The minimum atomic E-state index is -0.810.